The van der Waals surface area contributed by atoms with Crippen LogP contribution in [-0.4, -0.2) is 6.67 Å². The van der Waals surface area contributed by atoms with Gasteiger partial charge < -0.3 is 0 Å². The third-order valence-electron chi connectivity index (χ3n) is 5.79. The minimum atomic E-state index is -0.473. The number of halogens is 2. The second-order valence-electron chi connectivity index (χ2n) is 7.73. The average molecular weight is 379 g/mol. The molecule has 0 heterocycles. The molecule has 0 atom stereocenters. The molecule has 0 amide bonds. The maximum atomic E-state index is 13.8. The summed E-state index contributed by atoms with van der Waals surface area (Å²) in [5.41, 5.74) is 3.14. The summed E-state index contributed by atoms with van der Waals surface area (Å²) in [5, 5.41) is 8.84. The minimum Gasteiger partial charge on any atom is -0.251 e. The SMILES string of the molecule is N#Cc1ccc(-c2ccc(CCC3CCC(C=CCCF)CC3)cc2)cc1F. The highest BCUT2D eigenvalue weighted by atomic mass is 19.1. The first-order chi connectivity index (χ1) is 13.7. The molecule has 2 aromatic carbocycles. The largest absolute Gasteiger partial charge is 0.251 e. The molecule has 1 saturated carbocycles. The maximum Gasteiger partial charge on any atom is 0.141 e. The van der Waals surface area contributed by atoms with Crippen LogP contribution >= 0.6 is 0 Å². The van der Waals surface area contributed by atoms with Crippen molar-refractivity contribution < 1.29 is 8.78 Å². The molecule has 1 fully saturated rings. The number of nitrogens with zero attached hydrogens (tertiary/aromatic N) is 1. The summed E-state index contributed by atoms with van der Waals surface area (Å²) in [6.07, 6.45) is 12.0. The lowest BCUT2D eigenvalue weighted by atomic mass is 9.79. The fraction of sp³-hybridized carbons (Fsp3) is 0.400. The highest BCUT2D eigenvalue weighted by molar-refractivity contribution is 5.64. The molecule has 0 bridgehead atoms. The number of hydrogen-bond donors (Lipinski definition) is 0. The first-order valence-electron chi connectivity index (χ1n) is 10.2. The van der Waals surface area contributed by atoms with E-state index in [1.54, 1.807) is 6.07 Å². The standard InChI is InChI=1S/C25H27F2N/c26-16-2-1-3-19-4-6-20(7-5-19)8-9-21-10-12-22(13-11-21)23-14-15-24(18-28)25(27)17-23/h1,3,10-15,17,19-20H,2,4-9,16H2. The van der Waals surface area contributed by atoms with Crippen molar-refractivity contribution in [1.82, 2.24) is 0 Å². The predicted octanol–water partition coefficient (Wildman–Crippen LogP) is 7.02. The Morgan fingerprint density at radius 2 is 1.71 bits per heavy atom. The van der Waals surface area contributed by atoms with Crippen molar-refractivity contribution in [2.45, 2.75) is 44.9 Å². The summed E-state index contributed by atoms with van der Waals surface area (Å²) in [6.45, 7) is -0.259. The van der Waals surface area contributed by atoms with Crippen LogP contribution in [0.3, 0.4) is 0 Å². The Morgan fingerprint density at radius 1 is 1.00 bits per heavy atom. The summed E-state index contributed by atoms with van der Waals surface area (Å²) in [4.78, 5) is 0. The molecule has 1 aliphatic carbocycles. The van der Waals surface area contributed by atoms with E-state index < -0.39 is 5.82 Å². The van der Waals surface area contributed by atoms with E-state index in [2.05, 4.69) is 18.2 Å². The van der Waals surface area contributed by atoms with E-state index in [0.717, 1.165) is 23.5 Å². The van der Waals surface area contributed by atoms with Crippen molar-refractivity contribution >= 4 is 0 Å². The number of benzene rings is 2. The Balaban J connectivity index is 1.49. The molecule has 1 nitrogen and oxygen atoms in total. The van der Waals surface area contributed by atoms with Gasteiger partial charge in [0.05, 0.1) is 12.2 Å². The van der Waals surface area contributed by atoms with Gasteiger partial charge in [0.25, 0.3) is 0 Å². The molecule has 3 heteroatoms. The van der Waals surface area contributed by atoms with Gasteiger partial charge in [-0.1, -0.05) is 42.5 Å². The van der Waals surface area contributed by atoms with Gasteiger partial charge in [0.1, 0.15) is 11.9 Å². The van der Waals surface area contributed by atoms with Gasteiger partial charge in [-0.2, -0.15) is 5.26 Å². The molecule has 0 spiro atoms. The van der Waals surface area contributed by atoms with Crippen LogP contribution < -0.4 is 0 Å². The second kappa shape index (κ2) is 10.2. The lowest BCUT2D eigenvalue weighted by molar-refractivity contribution is 0.296. The molecule has 2 aromatic rings. The topological polar surface area (TPSA) is 23.8 Å². The molecule has 0 aromatic heterocycles. The van der Waals surface area contributed by atoms with Gasteiger partial charge in [0, 0.05) is 0 Å². The van der Waals surface area contributed by atoms with E-state index in [1.165, 1.54) is 49.8 Å². The summed E-state index contributed by atoms with van der Waals surface area (Å²) in [6, 6.07) is 14.9. The second-order valence-corrected chi connectivity index (χ2v) is 7.73. The van der Waals surface area contributed by atoms with Crippen molar-refractivity contribution in [3.8, 4) is 17.2 Å². The average Bonchev–Trinajstić information content (AvgIpc) is 2.74. The van der Waals surface area contributed by atoms with Crippen LogP contribution in [-0.2, 0) is 6.42 Å². The number of rotatable bonds is 7. The number of aryl methyl sites for hydroxylation is 1. The minimum absolute atomic E-state index is 0.0768. The highest BCUT2D eigenvalue weighted by Crippen LogP contribution is 2.32. The molecular weight excluding hydrogens is 352 g/mol. The molecule has 0 saturated heterocycles. The fourth-order valence-electron chi connectivity index (χ4n) is 4.04. The van der Waals surface area contributed by atoms with Crippen LogP contribution in [0.15, 0.2) is 54.6 Å². The molecule has 146 valence electrons. The predicted molar refractivity (Wildman–Crippen MR) is 110 cm³/mol. The number of allylic oxidation sites excluding steroid dienone is 2. The van der Waals surface area contributed by atoms with Crippen molar-refractivity contribution in [1.29, 1.82) is 5.26 Å². The summed E-state index contributed by atoms with van der Waals surface area (Å²) in [7, 11) is 0. The summed E-state index contributed by atoms with van der Waals surface area (Å²) in [5.74, 6) is 0.937. The molecule has 28 heavy (non-hydrogen) atoms. The van der Waals surface area contributed by atoms with Crippen LogP contribution in [0.1, 0.15) is 49.7 Å². The van der Waals surface area contributed by atoms with Gasteiger partial charge in [0.2, 0.25) is 0 Å². The first kappa shape index (κ1) is 20.3. The van der Waals surface area contributed by atoms with Gasteiger partial charge in [-0.05, 0) is 85.6 Å². The van der Waals surface area contributed by atoms with Crippen LogP contribution in [0.5, 0.6) is 0 Å². The Bertz CT molecular complexity index is 825. The molecule has 3 rings (SSSR count). The zero-order chi connectivity index (χ0) is 19.8. The van der Waals surface area contributed by atoms with Gasteiger partial charge in [-0.15, -0.1) is 0 Å². The van der Waals surface area contributed by atoms with Gasteiger partial charge >= 0.3 is 0 Å². The van der Waals surface area contributed by atoms with Crippen molar-refractivity contribution in [2.24, 2.45) is 11.8 Å². The van der Waals surface area contributed by atoms with Crippen LogP contribution in [0, 0.1) is 29.0 Å². The third kappa shape index (κ3) is 5.52. The van der Waals surface area contributed by atoms with Crippen LogP contribution in [0.25, 0.3) is 11.1 Å². The monoisotopic (exact) mass is 379 g/mol. The molecule has 0 unspecified atom stereocenters. The van der Waals surface area contributed by atoms with Crippen LogP contribution in [0.4, 0.5) is 8.78 Å². The zero-order valence-corrected chi connectivity index (χ0v) is 16.2. The number of nitriles is 1. The molecule has 0 radical (unpaired) electrons. The van der Waals surface area contributed by atoms with Gasteiger partial charge in [0.15, 0.2) is 0 Å². The molecular formula is C25H27F2N. The van der Waals surface area contributed by atoms with Crippen molar-refractivity contribution in [2.75, 3.05) is 6.67 Å². The maximum absolute atomic E-state index is 13.8. The fourth-order valence-corrected chi connectivity index (χ4v) is 4.04. The van der Waals surface area contributed by atoms with Gasteiger partial charge in [-0.25, -0.2) is 4.39 Å². The Hall–Kier alpha value is -2.47. The van der Waals surface area contributed by atoms with E-state index in [4.69, 9.17) is 5.26 Å². The van der Waals surface area contributed by atoms with E-state index >= 15 is 0 Å². The number of alkyl halides is 1. The smallest absolute Gasteiger partial charge is 0.141 e. The highest BCUT2D eigenvalue weighted by Gasteiger charge is 2.19. The van der Waals surface area contributed by atoms with Gasteiger partial charge in [-0.3, -0.25) is 4.39 Å². The van der Waals surface area contributed by atoms with E-state index in [0.29, 0.717) is 12.3 Å². The van der Waals surface area contributed by atoms with E-state index in [9.17, 15) is 8.78 Å². The van der Waals surface area contributed by atoms with Crippen LogP contribution in [0.2, 0.25) is 0 Å². The lowest BCUT2D eigenvalue weighted by Gasteiger charge is -2.26. The Labute approximate surface area is 166 Å². The molecule has 1 aliphatic rings. The van der Waals surface area contributed by atoms with E-state index in [-0.39, 0.29) is 12.2 Å². The Kier molecular flexibility index (Phi) is 7.37. The quantitative estimate of drug-likeness (QED) is 0.474. The lowest BCUT2D eigenvalue weighted by Crippen LogP contribution is -2.13. The zero-order valence-electron chi connectivity index (χ0n) is 16.2. The normalized spacial score (nSPS) is 19.6. The molecule has 0 N–H and O–H groups in total. The van der Waals surface area contributed by atoms with E-state index in [1.807, 2.05) is 24.3 Å². The Morgan fingerprint density at radius 3 is 2.36 bits per heavy atom. The van der Waals surface area contributed by atoms with Crippen molar-refractivity contribution in [3.63, 3.8) is 0 Å². The first-order valence-corrected chi connectivity index (χ1v) is 10.2. The third-order valence-corrected chi connectivity index (χ3v) is 5.79. The molecule has 0 aliphatic heterocycles. The van der Waals surface area contributed by atoms with Crippen molar-refractivity contribution in [3.05, 3.63) is 71.6 Å². The summed E-state index contributed by atoms with van der Waals surface area (Å²) < 4.78 is 26.0. The summed E-state index contributed by atoms with van der Waals surface area (Å²) >= 11 is 0. The number of hydrogen-bond acceptors (Lipinski definition) is 1.